The molecule has 0 aromatic carbocycles. The van der Waals surface area contributed by atoms with Gasteiger partial charge in [-0.3, -0.25) is 14.6 Å². The van der Waals surface area contributed by atoms with Crippen molar-refractivity contribution in [2.45, 2.75) is 347 Å². The van der Waals surface area contributed by atoms with Crippen LogP contribution in [0.15, 0.2) is 16.6 Å². The molecule has 0 radical (unpaired) electrons. The van der Waals surface area contributed by atoms with Crippen molar-refractivity contribution >= 4 is 30.2 Å². The Labute approximate surface area is 674 Å². The minimum absolute atomic E-state index is 0.0225. The number of hydrogen-bond acceptors (Lipinski definition) is 38. The largest absolute Gasteiger partial charge is 0.479 e. The standard InChI is InChI=1S/C76H122N4O37/c1-28-40(86)46(92)58(115-65-52(98)56(53(29(2)106-65)111-62-47(93)41(87)33(84)25-103-62)113-66-51(97)54(44(90)36(24-82)108-66)110-61(101)32(77)10-9-21-80-70(78)79)67(105-28)117-69(102)76-19-17-71(3,4)22-31(76)30-11-12-38-72(5)15-14-39(73(6,27-83)37(72)13-16-75(38,8)74(30,7)18-20-76)109-68-59(116-64-49(95)45(91)43(89)35(23-81)107-64)55(50(96)57(114-68)60(99)100)112-63-48(94)42(88)34(85)26-104-63/h11,27-29,31-59,62-68,81-82,84-98H,9-10,12-26,77H2,1-8H3,(H,99,100)(H4,78,79,80)/t28-,29+,31-,32-,33-,34+,35+,36-,37-,38-,39-,40-,41+,42-,43-,44-,45-,46+,47-,48+,49+,50-,51-,52-,53+,54+,55-,56+,57-,58-,59+,62+,63-,64-,65+,66+,67+,68+,72-,73-,74+,75+,76-/m0/s1. The average molecular weight is 1680 g/mol. The van der Waals surface area contributed by atoms with Crippen LogP contribution in [0.4, 0.5) is 0 Å². The summed E-state index contributed by atoms with van der Waals surface area (Å²) in [5.41, 5.74) is 13.1. The number of aliphatic hydroxyl groups is 17. The molecule has 41 nitrogen and oxygen atoms in total. The molecule has 668 valence electrons. The Hall–Kier alpha value is -4.15. The molecular formula is C76H122N4O37. The normalized spacial score (nSPS) is 50.8. The number of rotatable bonds is 24. The van der Waals surface area contributed by atoms with E-state index in [0.29, 0.717) is 51.4 Å². The Morgan fingerprint density at radius 2 is 1.09 bits per heavy atom. The summed E-state index contributed by atoms with van der Waals surface area (Å²) in [4.78, 5) is 60.7. The van der Waals surface area contributed by atoms with Crippen LogP contribution in [-0.4, -0.2) is 370 Å². The monoisotopic (exact) mass is 1680 g/mol. The fraction of sp³-hybridized carbons (Fsp3) is 0.908. The number of fused-ring (bicyclic) bond motifs is 7. The minimum Gasteiger partial charge on any atom is -0.479 e. The smallest absolute Gasteiger partial charge is 0.335 e. The van der Waals surface area contributed by atoms with E-state index in [0.717, 1.165) is 11.9 Å². The van der Waals surface area contributed by atoms with E-state index < -0.39 is 298 Å². The highest BCUT2D eigenvalue weighted by molar-refractivity contribution is 5.79. The van der Waals surface area contributed by atoms with Gasteiger partial charge in [0.1, 0.15) is 141 Å². The fourth-order valence-electron chi connectivity index (χ4n) is 21.1. The van der Waals surface area contributed by atoms with Crippen molar-refractivity contribution in [1.82, 2.24) is 0 Å². The highest BCUT2D eigenvalue weighted by atomic mass is 16.8. The summed E-state index contributed by atoms with van der Waals surface area (Å²) in [5, 5.41) is 200. The molecule has 0 aromatic rings. The molecule has 24 N–H and O–H groups in total. The second kappa shape index (κ2) is 35.8. The maximum atomic E-state index is 16.0. The lowest BCUT2D eigenvalue weighted by Gasteiger charge is -2.71. The highest BCUT2D eigenvalue weighted by Crippen LogP contribution is 2.76. The maximum Gasteiger partial charge on any atom is 0.335 e. The number of allylic oxidation sites excluding steroid dienone is 2. The number of hydrogen-bond donors (Lipinski definition) is 21. The second-order valence-corrected chi connectivity index (χ2v) is 35.9. The van der Waals surface area contributed by atoms with Gasteiger partial charge in [-0.2, -0.15) is 0 Å². The molecule has 117 heavy (non-hydrogen) atoms. The zero-order valence-electron chi connectivity index (χ0n) is 66.6. The Morgan fingerprint density at radius 3 is 1.70 bits per heavy atom. The van der Waals surface area contributed by atoms with Gasteiger partial charge in [0, 0.05) is 6.54 Å². The molecule has 11 fully saturated rings. The van der Waals surface area contributed by atoms with E-state index in [4.69, 9.17) is 88.3 Å². The number of guanidine groups is 1. The van der Waals surface area contributed by atoms with Gasteiger partial charge >= 0.3 is 17.9 Å². The molecule has 7 heterocycles. The quantitative estimate of drug-likeness (QED) is 0.00812. The number of carbonyl (C=O) groups excluding carboxylic acids is 3. The topological polar surface area (TPSA) is 661 Å². The number of carboxylic acids is 1. The summed E-state index contributed by atoms with van der Waals surface area (Å²) in [6.07, 6.45) is -55.6. The van der Waals surface area contributed by atoms with Crippen molar-refractivity contribution in [2.24, 2.45) is 72.4 Å². The molecule has 43 atom stereocenters. The summed E-state index contributed by atoms with van der Waals surface area (Å²) >= 11 is 0. The van der Waals surface area contributed by atoms with Crippen molar-refractivity contribution < 1.29 is 182 Å². The lowest BCUT2D eigenvalue weighted by Crippen LogP contribution is -2.69. The van der Waals surface area contributed by atoms with E-state index in [2.05, 4.69) is 45.7 Å². The molecule has 0 amide bonds. The first-order valence-corrected chi connectivity index (χ1v) is 40.4. The number of aliphatic imine (C=N–C) groups is 1. The van der Waals surface area contributed by atoms with Gasteiger partial charge in [0.05, 0.1) is 55.6 Å². The van der Waals surface area contributed by atoms with E-state index in [1.54, 1.807) is 6.92 Å². The van der Waals surface area contributed by atoms with Crippen LogP contribution in [0.5, 0.6) is 0 Å². The van der Waals surface area contributed by atoms with Gasteiger partial charge in [0.2, 0.25) is 6.29 Å². The third kappa shape index (κ3) is 17.1. The Balaban J connectivity index is 0.800. The molecule has 12 rings (SSSR count). The van der Waals surface area contributed by atoms with Gasteiger partial charge in [-0.25, -0.2) is 4.79 Å². The number of carboxylic acid groups (broad SMARTS) is 1. The summed E-state index contributed by atoms with van der Waals surface area (Å²) in [6.45, 7) is 12.5. The van der Waals surface area contributed by atoms with Crippen LogP contribution in [-0.2, 0) is 90.2 Å². The molecule has 4 saturated carbocycles. The summed E-state index contributed by atoms with van der Waals surface area (Å²) in [7, 11) is 0. The Bertz CT molecular complexity index is 3500. The van der Waals surface area contributed by atoms with Crippen molar-refractivity contribution in [3.05, 3.63) is 11.6 Å². The highest BCUT2D eigenvalue weighted by Gasteiger charge is 2.72. The molecule has 0 aromatic heterocycles. The third-order valence-electron chi connectivity index (χ3n) is 28.3. The van der Waals surface area contributed by atoms with Gasteiger partial charge in [-0.15, -0.1) is 0 Å². The number of esters is 2. The first kappa shape index (κ1) is 92.0. The van der Waals surface area contributed by atoms with Crippen molar-refractivity contribution in [2.75, 3.05) is 33.0 Å². The van der Waals surface area contributed by atoms with Crippen LogP contribution >= 0.6 is 0 Å². The van der Waals surface area contributed by atoms with Crippen LogP contribution in [0.2, 0.25) is 0 Å². The van der Waals surface area contributed by atoms with Crippen LogP contribution in [0.25, 0.3) is 0 Å². The molecule has 41 heteroatoms. The zero-order chi connectivity index (χ0) is 85.6. The van der Waals surface area contributed by atoms with Crippen LogP contribution in [0, 0.1) is 50.2 Å². The van der Waals surface area contributed by atoms with Gasteiger partial charge in [-0.1, -0.05) is 53.2 Å². The van der Waals surface area contributed by atoms with Gasteiger partial charge in [-0.05, 0) is 130 Å². The number of aliphatic carboxylic acids is 1. The molecule has 5 aliphatic carbocycles. The van der Waals surface area contributed by atoms with Crippen molar-refractivity contribution in [3.63, 3.8) is 0 Å². The van der Waals surface area contributed by atoms with Crippen LogP contribution < -0.4 is 17.2 Å². The van der Waals surface area contributed by atoms with E-state index in [9.17, 15) is 106 Å². The molecular weight excluding hydrogens is 1560 g/mol. The Kier molecular flexibility index (Phi) is 28.2. The fourth-order valence-corrected chi connectivity index (χ4v) is 21.1. The average Bonchev–Trinajstić information content (AvgIpc) is 0.673. The van der Waals surface area contributed by atoms with Crippen LogP contribution in [0.3, 0.4) is 0 Å². The number of nitrogens with two attached hydrogens (primary N) is 3. The van der Waals surface area contributed by atoms with E-state index in [-0.39, 0.29) is 49.5 Å². The summed E-state index contributed by atoms with van der Waals surface area (Å²) < 4.78 is 91.4. The predicted molar refractivity (Wildman–Crippen MR) is 389 cm³/mol. The van der Waals surface area contributed by atoms with Gasteiger partial charge in [0.25, 0.3) is 0 Å². The number of ether oxygens (including phenoxy) is 15. The molecule has 0 bridgehead atoms. The van der Waals surface area contributed by atoms with E-state index in [1.165, 1.54) is 13.8 Å². The van der Waals surface area contributed by atoms with Gasteiger partial charge < -0.3 is 185 Å². The molecule has 0 unspecified atom stereocenters. The molecule has 7 aliphatic heterocycles. The van der Waals surface area contributed by atoms with Crippen molar-refractivity contribution in [1.29, 1.82) is 0 Å². The number of carbonyl (C=O) groups is 4. The van der Waals surface area contributed by atoms with Crippen molar-refractivity contribution in [3.8, 4) is 0 Å². The zero-order valence-corrected chi connectivity index (χ0v) is 66.6. The number of aldehydes is 1. The minimum atomic E-state index is -2.23. The SMILES string of the molecule is C[C@@H]1O[C@H](OC(=O)[C@]23CCC(C)(C)C[C@H]2C2=CC[C@H]4[C@@]5(C)CC[C@H](O[C@@H]6O[C@H](C(=O)O)[C@@H](O)[C@H](O[C@@H]7OC[C@@H](O)[C@H](O)[C@H]7O)[C@H]6O[C@@H]6O[C@H](CO)[C@H](O)[C@H](O)[C@H]6O)[C@@](C)(C=O)[C@H]5CC[C@@]4(C)[C@]2(C)CC3)[C@@H](O[C@H]2O[C@H](C)[C@@H](O[C@H]3OC[C@H](O)[C@@H](O)[C@@H]3O)[C@H](O[C@H]3O[C@@H](CO)[C@H](O)[C@@H](OC(=O)[C@@H](N)CCCN=C(N)N)[C@@H]3O)[C@@H]2O)[C@H](O)[C@H]1O. The number of aliphatic hydroxyl groups excluding tert-OH is 17. The molecule has 12 aliphatic rings. The van der Waals surface area contributed by atoms with E-state index >= 15 is 4.79 Å². The first-order chi connectivity index (χ1) is 55.0. The summed E-state index contributed by atoms with van der Waals surface area (Å²) in [5.74, 6) is -4.86. The second-order valence-electron chi connectivity index (χ2n) is 35.9. The Morgan fingerprint density at radius 1 is 0.538 bits per heavy atom. The molecule has 7 saturated heterocycles. The van der Waals surface area contributed by atoms with E-state index in [1.807, 2.05) is 0 Å². The van der Waals surface area contributed by atoms with Crippen LogP contribution in [0.1, 0.15) is 132 Å². The lowest BCUT2D eigenvalue weighted by molar-refractivity contribution is -0.394. The predicted octanol–water partition coefficient (Wildman–Crippen LogP) is -7.03. The van der Waals surface area contributed by atoms with Gasteiger partial charge in [0.15, 0.2) is 62.0 Å². The lowest BCUT2D eigenvalue weighted by atomic mass is 9.33. The maximum absolute atomic E-state index is 16.0. The third-order valence-corrected chi connectivity index (χ3v) is 28.3. The molecule has 0 spiro atoms. The summed E-state index contributed by atoms with van der Waals surface area (Å²) in [6, 6.07) is -1.34. The number of nitrogens with zero attached hydrogens (tertiary/aromatic N) is 1. The first-order valence-electron chi connectivity index (χ1n) is 40.4.